The second kappa shape index (κ2) is 6.38. The van der Waals surface area contributed by atoms with Crippen LogP contribution in [-0.2, 0) is 0 Å². The summed E-state index contributed by atoms with van der Waals surface area (Å²) in [4.78, 5) is 2.64. The molecule has 1 N–H and O–H groups in total. The lowest BCUT2D eigenvalue weighted by Crippen LogP contribution is -2.42. The molecule has 106 valence electrons. The fourth-order valence-electron chi connectivity index (χ4n) is 3.32. The highest BCUT2D eigenvalue weighted by Gasteiger charge is 2.26. The van der Waals surface area contributed by atoms with Gasteiger partial charge in [0.15, 0.2) is 0 Å². The molecule has 1 saturated heterocycles. The van der Waals surface area contributed by atoms with Gasteiger partial charge in [0.25, 0.3) is 0 Å². The van der Waals surface area contributed by atoms with Gasteiger partial charge in [-0.1, -0.05) is 20.8 Å². The predicted molar refractivity (Wildman–Crippen MR) is 78.9 cm³/mol. The Hall–Kier alpha value is -0.0800. The molecule has 2 fully saturated rings. The van der Waals surface area contributed by atoms with Crippen molar-refractivity contribution in [2.45, 2.75) is 65.3 Å². The maximum atomic E-state index is 3.78. The molecule has 0 atom stereocenters. The summed E-state index contributed by atoms with van der Waals surface area (Å²) in [5.41, 5.74) is 0.598. The Morgan fingerprint density at radius 3 is 2.28 bits per heavy atom. The first kappa shape index (κ1) is 14.3. The van der Waals surface area contributed by atoms with Crippen LogP contribution in [0.25, 0.3) is 0 Å². The molecule has 18 heavy (non-hydrogen) atoms. The zero-order chi connectivity index (χ0) is 13.0. The summed E-state index contributed by atoms with van der Waals surface area (Å²) < 4.78 is 0. The van der Waals surface area contributed by atoms with Crippen LogP contribution >= 0.6 is 0 Å². The van der Waals surface area contributed by atoms with Crippen molar-refractivity contribution in [1.82, 2.24) is 10.2 Å². The van der Waals surface area contributed by atoms with Gasteiger partial charge in [0.1, 0.15) is 0 Å². The van der Waals surface area contributed by atoms with Gasteiger partial charge < -0.3 is 10.2 Å². The minimum absolute atomic E-state index is 0.598. The molecule has 0 amide bonds. The molecule has 0 aromatic heterocycles. The van der Waals surface area contributed by atoms with E-state index < -0.39 is 0 Å². The van der Waals surface area contributed by atoms with E-state index >= 15 is 0 Å². The molecule has 2 nitrogen and oxygen atoms in total. The van der Waals surface area contributed by atoms with Gasteiger partial charge in [-0.15, -0.1) is 0 Å². The van der Waals surface area contributed by atoms with E-state index in [0.29, 0.717) is 5.41 Å². The number of nitrogens with one attached hydrogen (secondary N) is 1. The predicted octanol–water partition coefficient (Wildman–Crippen LogP) is 3.28. The molecule has 1 aliphatic carbocycles. The lowest BCUT2D eigenvalue weighted by molar-refractivity contribution is 0.177. The van der Waals surface area contributed by atoms with Crippen molar-refractivity contribution < 1.29 is 0 Å². The monoisotopic (exact) mass is 252 g/mol. The zero-order valence-corrected chi connectivity index (χ0v) is 12.7. The molecule has 0 unspecified atom stereocenters. The first-order valence-electron chi connectivity index (χ1n) is 8.01. The van der Waals surface area contributed by atoms with Gasteiger partial charge in [-0.25, -0.2) is 0 Å². The first-order valence-corrected chi connectivity index (χ1v) is 8.01. The average Bonchev–Trinajstić information content (AvgIpc) is 2.34. The number of nitrogens with zero attached hydrogens (tertiary/aromatic N) is 1. The minimum Gasteiger partial charge on any atom is -0.313 e. The third-order valence-electron chi connectivity index (χ3n) is 5.08. The van der Waals surface area contributed by atoms with E-state index in [4.69, 9.17) is 0 Å². The van der Waals surface area contributed by atoms with Crippen LogP contribution in [0.2, 0.25) is 0 Å². The average molecular weight is 252 g/mol. The zero-order valence-electron chi connectivity index (χ0n) is 12.7. The van der Waals surface area contributed by atoms with Crippen LogP contribution in [0.5, 0.6) is 0 Å². The summed E-state index contributed by atoms with van der Waals surface area (Å²) in [5.74, 6) is 0.954. The molecule has 1 saturated carbocycles. The maximum Gasteiger partial charge on any atom is 0.0107 e. The van der Waals surface area contributed by atoms with Crippen LogP contribution in [-0.4, -0.2) is 37.1 Å². The van der Waals surface area contributed by atoms with E-state index in [1.165, 1.54) is 64.7 Å². The van der Waals surface area contributed by atoms with Crippen molar-refractivity contribution in [3.8, 4) is 0 Å². The van der Waals surface area contributed by atoms with Gasteiger partial charge in [-0.3, -0.25) is 0 Å². The Labute approximate surface area is 114 Å². The Balaban J connectivity index is 1.56. The quantitative estimate of drug-likeness (QED) is 0.826. The van der Waals surface area contributed by atoms with Crippen LogP contribution in [0.3, 0.4) is 0 Å². The second-order valence-corrected chi connectivity index (χ2v) is 7.42. The molecule has 0 spiro atoms. The fraction of sp³-hybridized carbons (Fsp3) is 1.00. The molecule has 0 aromatic carbocycles. The van der Waals surface area contributed by atoms with E-state index in [0.717, 1.165) is 12.0 Å². The van der Waals surface area contributed by atoms with Gasteiger partial charge in [-0.2, -0.15) is 0 Å². The third kappa shape index (κ3) is 4.55. The Morgan fingerprint density at radius 2 is 1.67 bits per heavy atom. The van der Waals surface area contributed by atoms with Gasteiger partial charge in [0.05, 0.1) is 0 Å². The molecular formula is C16H32N2. The van der Waals surface area contributed by atoms with E-state index in [2.05, 4.69) is 31.0 Å². The summed E-state index contributed by atoms with van der Waals surface area (Å²) >= 11 is 0. The fourth-order valence-corrected chi connectivity index (χ4v) is 3.32. The highest BCUT2D eigenvalue weighted by atomic mass is 15.1. The van der Waals surface area contributed by atoms with Gasteiger partial charge in [-0.05, 0) is 62.9 Å². The Kier molecular flexibility index (Phi) is 5.08. The van der Waals surface area contributed by atoms with Crippen molar-refractivity contribution >= 4 is 0 Å². The Bertz CT molecular complexity index is 231. The van der Waals surface area contributed by atoms with Crippen molar-refractivity contribution in [3.63, 3.8) is 0 Å². The van der Waals surface area contributed by atoms with Crippen LogP contribution in [0, 0.1) is 11.3 Å². The normalized spacial score (nSPS) is 27.5. The summed E-state index contributed by atoms with van der Waals surface area (Å²) in [6.45, 7) is 12.3. The molecule has 1 heterocycles. The summed E-state index contributed by atoms with van der Waals surface area (Å²) in [7, 11) is 0. The van der Waals surface area contributed by atoms with E-state index in [1.54, 1.807) is 0 Å². The maximum absolute atomic E-state index is 3.78. The lowest BCUT2D eigenvalue weighted by Gasteiger charge is -2.35. The van der Waals surface area contributed by atoms with Crippen LogP contribution in [0.15, 0.2) is 0 Å². The van der Waals surface area contributed by atoms with Crippen molar-refractivity contribution in [3.05, 3.63) is 0 Å². The van der Waals surface area contributed by atoms with Gasteiger partial charge in [0.2, 0.25) is 0 Å². The lowest BCUT2D eigenvalue weighted by atomic mass is 9.75. The third-order valence-corrected chi connectivity index (χ3v) is 5.08. The second-order valence-electron chi connectivity index (χ2n) is 7.42. The molecule has 1 aliphatic heterocycles. The number of piperidine rings is 1. The molecule has 0 radical (unpaired) electrons. The number of hydrogen-bond donors (Lipinski definition) is 1. The van der Waals surface area contributed by atoms with Crippen LogP contribution in [0.1, 0.15) is 59.3 Å². The minimum atomic E-state index is 0.598. The summed E-state index contributed by atoms with van der Waals surface area (Å²) in [5, 5.41) is 3.78. The van der Waals surface area contributed by atoms with E-state index in [9.17, 15) is 0 Å². The number of rotatable bonds is 4. The Morgan fingerprint density at radius 1 is 1.06 bits per heavy atom. The molecular weight excluding hydrogens is 220 g/mol. The molecule has 2 heteroatoms. The van der Waals surface area contributed by atoms with Crippen LogP contribution < -0.4 is 5.32 Å². The summed E-state index contributed by atoms with van der Waals surface area (Å²) in [6, 6.07) is 0.793. The number of hydrogen-bond acceptors (Lipinski definition) is 2. The molecule has 2 rings (SSSR count). The van der Waals surface area contributed by atoms with Gasteiger partial charge in [0, 0.05) is 19.1 Å². The summed E-state index contributed by atoms with van der Waals surface area (Å²) in [6.07, 6.45) is 8.35. The van der Waals surface area contributed by atoms with Gasteiger partial charge >= 0.3 is 0 Å². The largest absolute Gasteiger partial charge is 0.313 e. The molecule has 2 aliphatic rings. The smallest absolute Gasteiger partial charge is 0.0107 e. The van der Waals surface area contributed by atoms with Crippen molar-refractivity contribution in [2.75, 3.05) is 26.2 Å². The topological polar surface area (TPSA) is 15.3 Å². The molecule has 0 bridgehead atoms. The SMILES string of the molecule is CC1CCN(CCNC2CCC(C)(C)CC2)CC1. The van der Waals surface area contributed by atoms with E-state index in [1.807, 2.05) is 0 Å². The standard InChI is InChI=1S/C16H32N2/c1-14-6-11-18(12-7-14)13-10-17-15-4-8-16(2,3)9-5-15/h14-15,17H,4-13H2,1-3H3. The van der Waals surface area contributed by atoms with Crippen LogP contribution in [0.4, 0.5) is 0 Å². The number of likely N-dealkylation sites (tertiary alicyclic amines) is 1. The first-order chi connectivity index (χ1) is 8.55. The highest BCUT2D eigenvalue weighted by molar-refractivity contribution is 4.82. The molecule has 0 aromatic rings. The highest BCUT2D eigenvalue weighted by Crippen LogP contribution is 2.34. The van der Waals surface area contributed by atoms with E-state index in [-0.39, 0.29) is 0 Å². The van der Waals surface area contributed by atoms with Crippen molar-refractivity contribution in [2.24, 2.45) is 11.3 Å². The van der Waals surface area contributed by atoms with Crippen molar-refractivity contribution in [1.29, 1.82) is 0 Å².